The predicted octanol–water partition coefficient (Wildman–Crippen LogP) is 1.43. The molecule has 0 bridgehead atoms. The number of carboxylic acids is 1. The first-order valence-electron chi connectivity index (χ1n) is 4.38. The van der Waals surface area contributed by atoms with Gasteiger partial charge in [0.25, 0.3) is 0 Å². The van der Waals surface area contributed by atoms with E-state index in [2.05, 4.69) is 31.5 Å². The van der Waals surface area contributed by atoms with Crippen molar-refractivity contribution in [3.63, 3.8) is 0 Å². The molecule has 0 aliphatic carbocycles. The molecule has 0 aliphatic heterocycles. The lowest BCUT2D eigenvalue weighted by Crippen LogP contribution is -2.08. The minimum absolute atomic E-state index is 0.143. The summed E-state index contributed by atoms with van der Waals surface area (Å²) in [5.41, 5.74) is 0.572. The largest absolute Gasteiger partial charge is 0.478 e. The van der Waals surface area contributed by atoms with Gasteiger partial charge in [-0.1, -0.05) is 6.07 Å². The number of para-hydroxylation sites is 1. The van der Waals surface area contributed by atoms with E-state index in [0.717, 1.165) is 0 Å². The molecular weight excluding hydrogens is 276 g/mol. The van der Waals surface area contributed by atoms with Crippen molar-refractivity contribution in [3.05, 3.63) is 34.1 Å². The van der Waals surface area contributed by atoms with Crippen molar-refractivity contribution >= 4 is 21.9 Å². The minimum Gasteiger partial charge on any atom is -0.478 e. The topological polar surface area (TPSA) is 80.9 Å². The van der Waals surface area contributed by atoms with E-state index < -0.39 is 5.97 Å². The van der Waals surface area contributed by atoms with Crippen molar-refractivity contribution in [1.29, 1.82) is 0 Å². The number of halogens is 1. The molecule has 0 saturated heterocycles. The smallest absolute Gasteiger partial charge is 0.337 e. The molecule has 82 valence electrons. The normalized spacial score (nSPS) is 10.4. The van der Waals surface area contributed by atoms with Gasteiger partial charge in [0.15, 0.2) is 5.82 Å². The summed E-state index contributed by atoms with van der Waals surface area (Å²) in [6, 6.07) is 4.89. The van der Waals surface area contributed by atoms with Crippen LogP contribution in [0.4, 0.5) is 0 Å². The van der Waals surface area contributed by atoms with Crippen LogP contribution in [0.25, 0.3) is 5.69 Å². The Morgan fingerprint density at radius 1 is 1.50 bits per heavy atom. The molecule has 0 unspecified atom stereocenters. The Hall–Kier alpha value is -1.76. The van der Waals surface area contributed by atoms with Gasteiger partial charge in [0.05, 0.1) is 11.3 Å². The molecule has 0 aliphatic rings. The number of hydrogen-bond acceptors (Lipinski definition) is 4. The van der Waals surface area contributed by atoms with Crippen LogP contribution in [0.3, 0.4) is 0 Å². The van der Waals surface area contributed by atoms with Crippen LogP contribution in [0, 0.1) is 6.92 Å². The van der Waals surface area contributed by atoms with Gasteiger partial charge in [-0.2, -0.15) is 4.68 Å². The zero-order valence-corrected chi connectivity index (χ0v) is 9.84. The predicted molar refractivity (Wildman–Crippen MR) is 58.6 cm³/mol. The fraction of sp³-hybridized carbons (Fsp3) is 0.111. The maximum Gasteiger partial charge on any atom is 0.337 e. The molecule has 1 heterocycles. The Morgan fingerprint density at radius 2 is 2.25 bits per heavy atom. The van der Waals surface area contributed by atoms with Crippen molar-refractivity contribution in [2.45, 2.75) is 6.92 Å². The van der Waals surface area contributed by atoms with Gasteiger partial charge >= 0.3 is 5.97 Å². The molecule has 1 aromatic heterocycles. The fourth-order valence-electron chi connectivity index (χ4n) is 1.34. The summed E-state index contributed by atoms with van der Waals surface area (Å²) in [5.74, 6) is -0.499. The van der Waals surface area contributed by atoms with Gasteiger partial charge in [-0.05, 0) is 45.4 Å². The first-order valence-corrected chi connectivity index (χ1v) is 5.17. The second-order valence-corrected chi connectivity index (χ2v) is 3.93. The maximum absolute atomic E-state index is 11.1. The third-order valence-electron chi connectivity index (χ3n) is 2.05. The number of tetrazole rings is 1. The SMILES string of the molecule is Cc1nnnn1-c1c(Br)cccc1C(=O)O. The van der Waals surface area contributed by atoms with Crippen molar-refractivity contribution in [3.8, 4) is 5.69 Å². The number of hydrogen-bond donors (Lipinski definition) is 1. The van der Waals surface area contributed by atoms with Gasteiger partial charge in [-0.25, -0.2) is 4.79 Å². The van der Waals surface area contributed by atoms with E-state index in [4.69, 9.17) is 5.11 Å². The average Bonchev–Trinajstić information content (AvgIpc) is 2.64. The zero-order valence-electron chi connectivity index (χ0n) is 8.25. The van der Waals surface area contributed by atoms with Crippen LogP contribution in [-0.2, 0) is 0 Å². The minimum atomic E-state index is -1.02. The lowest BCUT2D eigenvalue weighted by atomic mass is 10.2. The molecular formula is C9H7BrN4O2. The van der Waals surface area contributed by atoms with Gasteiger partial charge in [0, 0.05) is 4.47 Å². The fourth-order valence-corrected chi connectivity index (χ4v) is 1.88. The summed E-state index contributed by atoms with van der Waals surface area (Å²) >= 11 is 3.29. The molecule has 1 aromatic carbocycles. The van der Waals surface area contributed by atoms with E-state index in [1.165, 1.54) is 10.7 Å². The Labute approximate surface area is 99.0 Å². The van der Waals surface area contributed by atoms with Crippen molar-refractivity contribution in [1.82, 2.24) is 20.2 Å². The molecule has 0 spiro atoms. The Morgan fingerprint density at radius 3 is 2.81 bits per heavy atom. The lowest BCUT2D eigenvalue weighted by molar-refractivity contribution is 0.0696. The molecule has 0 saturated carbocycles. The van der Waals surface area contributed by atoms with Gasteiger partial charge in [0.1, 0.15) is 0 Å². The zero-order chi connectivity index (χ0) is 11.7. The van der Waals surface area contributed by atoms with E-state index in [1.54, 1.807) is 19.1 Å². The van der Waals surface area contributed by atoms with E-state index in [9.17, 15) is 4.79 Å². The van der Waals surface area contributed by atoms with Crippen molar-refractivity contribution in [2.75, 3.05) is 0 Å². The van der Waals surface area contributed by atoms with Gasteiger partial charge < -0.3 is 5.11 Å². The molecule has 1 N–H and O–H groups in total. The number of aromatic nitrogens is 4. The lowest BCUT2D eigenvalue weighted by Gasteiger charge is -2.08. The van der Waals surface area contributed by atoms with E-state index in [0.29, 0.717) is 16.0 Å². The van der Waals surface area contributed by atoms with Crippen LogP contribution in [0.15, 0.2) is 22.7 Å². The summed E-state index contributed by atoms with van der Waals surface area (Å²) in [5, 5.41) is 20.0. The number of benzene rings is 1. The van der Waals surface area contributed by atoms with Crippen molar-refractivity contribution in [2.24, 2.45) is 0 Å². The van der Waals surface area contributed by atoms with Crippen LogP contribution in [0.2, 0.25) is 0 Å². The van der Waals surface area contributed by atoms with E-state index >= 15 is 0 Å². The number of carboxylic acid groups (broad SMARTS) is 1. The second kappa shape index (κ2) is 4.01. The van der Waals surface area contributed by atoms with Crippen LogP contribution in [-0.4, -0.2) is 31.3 Å². The van der Waals surface area contributed by atoms with Crippen molar-refractivity contribution < 1.29 is 9.90 Å². The van der Waals surface area contributed by atoms with Crippen LogP contribution < -0.4 is 0 Å². The quantitative estimate of drug-likeness (QED) is 0.901. The van der Waals surface area contributed by atoms with Gasteiger partial charge in [-0.3, -0.25) is 0 Å². The monoisotopic (exact) mass is 282 g/mol. The number of rotatable bonds is 2. The highest BCUT2D eigenvalue weighted by Crippen LogP contribution is 2.24. The molecule has 0 radical (unpaired) electrons. The Balaban J connectivity index is 2.73. The number of carbonyl (C=O) groups is 1. The summed E-state index contributed by atoms with van der Waals surface area (Å²) in [6.45, 7) is 1.70. The Kier molecular flexibility index (Phi) is 2.69. The van der Waals surface area contributed by atoms with Crippen LogP contribution >= 0.6 is 15.9 Å². The summed E-state index contributed by atoms with van der Waals surface area (Å²) < 4.78 is 2.01. The maximum atomic E-state index is 11.1. The third-order valence-corrected chi connectivity index (χ3v) is 2.69. The molecule has 0 atom stereocenters. The standard InChI is InChI=1S/C9H7BrN4O2/c1-5-11-12-13-14(5)8-6(9(15)16)3-2-4-7(8)10/h2-4H,1H3,(H,15,16). The van der Waals surface area contributed by atoms with E-state index in [1.807, 2.05) is 0 Å². The van der Waals surface area contributed by atoms with E-state index in [-0.39, 0.29) is 5.56 Å². The summed E-state index contributed by atoms with van der Waals surface area (Å²) in [6.07, 6.45) is 0. The van der Waals surface area contributed by atoms with Crippen LogP contribution in [0.1, 0.15) is 16.2 Å². The molecule has 16 heavy (non-hydrogen) atoms. The molecule has 7 heteroatoms. The number of aryl methyl sites for hydroxylation is 1. The summed E-state index contributed by atoms with van der Waals surface area (Å²) in [7, 11) is 0. The van der Waals surface area contributed by atoms with Gasteiger partial charge in [0.2, 0.25) is 0 Å². The molecule has 2 aromatic rings. The highest BCUT2D eigenvalue weighted by atomic mass is 79.9. The second-order valence-electron chi connectivity index (χ2n) is 3.08. The molecule has 6 nitrogen and oxygen atoms in total. The average molecular weight is 283 g/mol. The molecule has 0 amide bonds. The third kappa shape index (κ3) is 1.69. The van der Waals surface area contributed by atoms with Crippen LogP contribution in [0.5, 0.6) is 0 Å². The Bertz CT molecular complexity index is 552. The first-order chi connectivity index (χ1) is 7.61. The highest BCUT2D eigenvalue weighted by Gasteiger charge is 2.17. The first kappa shape index (κ1) is 10.7. The highest BCUT2D eigenvalue weighted by molar-refractivity contribution is 9.10. The number of nitrogens with zero attached hydrogens (tertiary/aromatic N) is 4. The molecule has 0 fully saturated rings. The summed E-state index contributed by atoms with van der Waals surface area (Å²) in [4.78, 5) is 11.1. The number of aromatic carboxylic acids is 1. The molecule has 2 rings (SSSR count). The van der Waals surface area contributed by atoms with Gasteiger partial charge in [-0.15, -0.1) is 5.10 Å².